The van der Waals surface area contributed by atoms with Gasteiger partial charge in [-0.25, -0.2) is 0 Å². The quantitative estimate of drug-likeness (QED) is 0.897. The minimum atomic E-state index is -0.755. The number of carbonyl (C=O) groups is 2. The highest BCUT2D eigenvalue weighted by molar-refractivity contribution is 6.31. The van der Waals surface area contributed by atoms with Crippen molar-refractivity contribution in [3.05, 3.63) is 28.8 Å². The van der Waals surface area contributed by atoms with Gasteiger partial charge in [0.1, 0.15) is 0 Å². The van der Waals surface area contributed by atoms with Crippen molar-refractivity contribution in [3.8, 4) is 0 Å². The highest BCUT2D eigenvalue weighted by Gasteiger charge is 2.29. The maximum Gasteiger partial charge on any atom is 0.306 e. The van der Waals surface area contributed by atoms with Crippen molar-refractivity contribution in [2.75, 3.05) is 5.32 Å². The van der Waals surface area contributed by atoms with E-state index in [0.717, 1.165) is 5.56 Å². The average molecular weight is 296 g/mol. The minimum Gasteiger partial charge on any atom is -0.481 e. The minimum absolute atomic E-state index is 0.0474. The van der Waals surface area contributed by atoms with E-state index in [9.17, 15) is 9.59 Å². The van der Waals surface area contributed by atoms with E-state index in [1.165, 1.54) is 0 Å². The van der Waals surface area contributed by atoms with Gasteiger partial charge in [-0.05, 0) is 50.3 Å². The number of carboxylic acids is 1. The van der Waals surface area contributed by atoms with Crippen molar-refractivity contribution >= 4 is 29.2 Å². The summed E-state index contributed by atoms with van der Waals surface area (Å²) in [6.45, 7) is 1.90. The lowest BCUT2D eigenvalue weighted by molar-refractivity contribution is -0.143. The number of hydrogen-bond donors (Lipinski definition) is 2. The highest BCUT2D eigenvalue weighted by Crippen LogP contribution is 2.30. The van der Waals surface area contributed by atoms with Crippen molar-refractivity contribution in [3.63, 3.8) is 0 Å². The van der Waals surface area contributed by atoms with E-state index < -0.39 is 5.97 Å². The molecule has 0 aromatic heterocycles. The summed E-state index contributed by atoms with van der Waals surface area (Å²) >= 11 is 6.02. The summed E-state index contributed by atoms with van der Waals surface area (Å²) in [5.41, 5.74) is 1.65. The van der Waals surface area contributed by atoms with Crippen molar-refractivity contribution in [1.82, 2.24) is 0 Å². The molecule has 2 N–H and O–H groups in total. The molecule has 0 saturated heterocycles. The number of carboxylic acid groups (broad SMARTS) is 1. The van der Waals surface area contributed by atoms with Gasteiger partial charge in [-0.15, -0.1) is 0 Å². The van der Waals surface area contributed by atoms with E-state index in [-0.39, 0.29) is 17.7 Å². The maximum absolute atomic E-state index is 12.1. The van der Waals surface area contributed by atoms with Crippen LogP contribution in [0.1, 0.15) is 31.2 Å². The number of rotatable bonds is 3. The third-order valence-electron chi connectivity index (χ3n) is 3.89. The molecular formula is C15H18ClNO3. The van der Waals surface area contributed by atoms with Crippen LogP contribution in [-0.2, 0) is 9.59 Å². The summed E-state index contributed by atoms with van der Waals surface area (Å²) in [7, 11) is 0. The highest BCUT2D eigenvalue weighted by atomic mass is 35.5. The summed E-state index contributed by atoms with van der Waals surface area (Å²) in [6, 6.07) is 5.42. The molecule has 1 saturated carbocycles. The smallest absolute Gasteiger partial charge is 0.306 e. The Balaban J connectivity index is 1.92. The van der Waals surface area contributed by atoms with Gasteiger partial charge in [-0.3, -0.25) is 9.59 Å². The molecule has 1 aromatic rings. The number of aliphatic carboxylic acids is 1. The largest absolute Gasteiger partial charge is 0.481 e. The molecule has 0 radical (unpaired) electrons. The molecular weight excluding hydrogens is 278 g/mol. The number of halogens is 1. The normalized spacial score (nSPS) is 22.3. The zero-order valence-electron chi connectivity index (χ0n) is 11.4. The van der Waals surface area contributed by atoms with Gasteiger partial charge in [-0.1, -0.05) is 17.7 Å². The van der Waals surface area contributed by atoms with Crippen LogP contribution in [0.3, 0.4) is 0 Å². The van der Waals surface area contributed by atoms with Gasteiger partial charge in [0.05, 0.1) is 5.92 Å². The summed E-state index contributed by atoms with van der Waals surface area (Å²) in [5.74, 6) is -1.21. The van der Waals surface area contributed by atoms with Gasteiger partial charge >= 0.3 is 5.97 Å². The molecule has 1 aliphatic carbocycles. The van der Waals surface area contributed by atoms with Gasteiger partial charge < -0.3 is 10.4 Å². The second-order valence-electron chi connectivity index (χ2n) is 5.34. The molecule has 0 bridgehead atoms. The van der Waals surface area contributed by atoms with Crippen molar-refractivity contribution in [2.24, 2.45) is 11.8 Å². The number of carbonyl (C=O) groups excluding carboxylic acids is 1. The molecule has 1 fully saturated rings. The summed E-state index contributed by atoms with van der Waals surface area (Å²) in [4.78, 5) is 23.0. The Hall–Kier alpha value is -1.55. The van der Waals surface area contributed by atoms with Gasteiger partial charge in [0.2, 0.25) is 5.91 Å². The second kappa shape index (κ2) is 6.27. The molecule has 1 aromatic carbocycles. The number of amides is 1. The van der Waals surface area contributed by atoms with E-state index in [1.54, 1.807) is 6.07 Å². The van der Waals surface area contributed by atoms with E-state index in [4.69, 9.17) is 16.7 Å². The van der Waals surface area contributed by atoms with E-state index in [0.29, 0.717) is 36.4 Å². The van der Waals surface area contributed by atoms with Gasteiger partial charge in [0.25, 0.3) is 0 Å². The zero-order chi connectivity index (χ0) is 14.7. The number of anilines is 1. The van der Waals surface area contributed by atoms with E-state index >= 15 is 0 Å². The van der Waals surface area contributed by atoms with Crippen molar-refractivity contribution in [2.45, 2.75) is 32.6 Å². The van der Waals surface area contributed by atoms with Crippen LogP contribution in [0.15, 0.2) is 18.2 Å². The zero-order valence-corrected chi connectivity index (χ0v) is 12.1. The van der Waals surface area contributed by atoms with Crippen molar-refractivity contribution in [1.29, 1.82) is 0 Å². The first-order valence-corrected chi connectivity index (χ1v) is 7.15. The predicted octanol–water partition coefficient (Wildman–Crippen LogP) is 3.48. The molecule has 2 rings (SSSR count). The summed E-state index contributed by atoms with van der Waals surface area (Å²) < 4.78 is 0. The Morgan fingerprint density at radius 2 is 1.80 bits per heavy atom. The SMILES string of the molecule is Cc1ccc(NC(=O)C2CCC(C(=O)O)CC2)cc1Cl. The van der Waals surface area contributed by atoms with Crippen LogP contribution in [0.25, 0.3) is 0 Å². The van der Waals surface area contributed by atoms with Crippen LogP contribution in [0.5, 0.6) is 0 Å². The van der Waals surface area contributed by atoms with E-state index in [1.807, 2.05) is 19.1 Å². The van der Waals surface area contributed by atoms with Crippen LogP contribution in [0, 0.1) is 18.8 Å². The summed E-state index contributed by atoms with van der Waals surface area (Å²) in [5, 5.41) is 12.4. The standard InChI is InChI=1S/C15H18ClNO3/c1-9-2-7-12(8-13(9)16)17-14(18)10-3-5-11(6-4-10)15(19)20/h2,7-8,10-11H,3-6H2,1H3,(H,17,18)(H,19,20). The lowest BCUT2D eigenvalue weighted by Crippen LogP contribution is -2.29. The Morgan fingerprint density at radius 1 is 1.20 bits per heavy atom. The van der Waals surface area contributed by atoms with Crippen LogP contribution < -0.4 is 5.32 Å². The molecule has 20 heavy (non-hydrogen) atoms. The fraction of sp³-hybridized carbons (Fsp3) is 0.467. The second-order valence-corrected chi connectivity index (χ2v) is 5.75. The van der Waals surface area contributed by atoms with Crippen LogP contribution in [0.2, 0.25) is 5.02 Å². The monoisotopic (exact) mass is 295 g/mol. The Morgan fingerprint density at radius 3 is 2.35 bits per heavy atom. The van der Waals surface area contributed by atoms with Crippen molar-refractivity contribution < 1.29 is 14.7 Å². The molecule has 0 aliphatic heterocycles. The molecule has 0 heterocycles. The van der Waals surface area contributed by atoms with Crippen LogP contribution in [-0.4, -0.2) is 17.0 Å². The lowest BCUT2D eigenvalue weighted by Gasteiger charge is -2.25. The number of aryl methyl sites for hydroxylation is 1. The predicted molar refractivity (Wildman–Crippen MR) is 77.9 cm³/mol. The first-order valence-electron chi connectivity index (χ1n) is 6.77. The molecule has 1 aliphatic rings. The Labute approximate surface area is 123 Å². The van der Waals surface area contributed by atoms with Crippen LogP contribution in [0.4, 0.5) is 5.69 Å². The maximum atomic E-state index is 12.1. The molecule has 5 heteroatoms. The number of hydrogen-bond acceptors (Lipinski definition) is 2. The third kappa shape index (κ3) is 3.51. The first-order chi connectivity index (χ1) is 9.47. The summed E-state index contributed by atoms with van der Waals surface area (Å²) in [6.07, 6.45) is 2.40. The van der Waals surface area contributed by atoms with Gasteiger partial charge in [-0.2, -0.15) is 0 Å². The first kappa shape index (κ1) is 14.9. The fourth-order valence-electron chi connectivity index (χ4n) is 2.52. The molecule has 0 atom stereocenters. The Kier molecular flexibility index (Phi) is 4.65. The third-order valence-corrected chi connectivity index (χ3v) is 4.29. The van der Waals surface area contributed by atoms with Crippen LogP contribution >= 0.6 is 11.6 Å². The lowest BCUT2D eigenvalue weighted by atomic mass is 9.81. The number of benzene rings is 1. The number of nitrogens with one attached hydrogen (secondary N) is 1. The molecule has 0 spiro atoms. The topological polar surface area (TPSA) is 66.4 Å². The average Bonchev–Trinajstić information content (AvgIpc) is 2.43. The van der Waals surface area contributed by atoms with E-state index in [2.05, 4.69) is 5.32 Å². The molecule has 4 nitrogen and oxygen atoms in total. The molecule has 108 valence electrons. The van der Waals surface area contributed by atoms with Gasteiger partial charge in [0.15, 0.2) is 0 Å². The van der Waals surface area contributed by atoms with Gasteiger partial charge in [0, 0.05) is 16.6 Å². The molecule has 1 amide bonds. The fourth-order valence-corrected chi connectivity index (χ4v) is 2.70. The molecule has 0 unspecified atom stereocenters. The Bertz CT molecular complexity index is 522.